The third-order valence-corrected chi connectivity index (χ3v) is 1.73. The minimum atomic E-state index is 0.460. The molecule has 0 fully saturated rings. The molecule has 0 aromatic carbocycles. The Kier molecular flexibility index (Phi) is 1.69. The fourth-order valence-corrected chi connectivity index (χ4v) is 1.24. The molecule has 0 aliphatic heterocycles. The Morgan fingerprint density at radius 3 is 3.17 bits per heavy atom. The average molecular weight is 229 g/mol. The Labute approximate surface area is 76.5 Å². The van der Waals surface area contributed by atoms with Crippen LogP contribution in [0.25, 0.3) is 5.65 Å². The molecule has 6 heteroatoms. The van der Waals surface area contributed by atoms with Crippen LogP contribution >= 0.6 is 15.9 Å². The van der Waals surface area contributed by atoms with Gasteiger partial charge in [-0.25, -0.2) is 9.50 Å². The quantitative estimate of drug-likeness (QED) is 0.728. The van der Waals surface area contributed by atoms with E-state index in [1.54, 1.807) is 24.0 Å². The monoisotopic (exact) mass is 228 g/mol. The first-order chi connectivity index (χ1) is 5.81. The Balaban J connectivity index is 2.80. The highest BCUT2D eigenvalue weighted by Gasteiger charge is 2.06. The lowest BCUT2D eigenvalue weighted by Gasteiger charge is -1.99. The van der Waals surface area contributed by atoms with Crippen LogP contribution in [0.3, 0.4) is 0 Å². The molecule has 2 heterocycles. The van der Waals surface area contributed by atoms with Crippen LogP contribution in [0.5, 0.6) is 5.88 Å². The summed E-state index contributed by atoms with van der Waals surface area (Å²) >= 11 is 3.16. The van der Waals surface area contributed by atoms with Gasteiger partial charge < -0.3 is 4.74 Å². The number of ether oxygens (including phenoxy) is 1. The van der Waals surface area contributed by atoms with Gasteiger partial charge in [-0.15, -0.1) is 5.10 Å². The van der Waals surface area contributed by atoms with E-state index in [4.69, 9.17) is 4.74 Å². The summed E-state index contributed by atoms with van der Waals surface area (Å²) in [5.74, 6) is 0.460. The Morgan fingerprint density at radius 2 is 2.42 bits per heavy atom. The van der Waals surface area contributed by atoms with Crippen LogP contribution in [0.15, 0.2) is 17.1 Å². The summed E-state index contributed by atoms with van der Waals surface area (Å²) in [4.78, 5) is 8.01. The van der Waals surface area contributed by atoms with Crippen LogP contribution in [0, 0.1) is 0 Å². The van der Waals surface area contributed by atoms with E-state index in [0.717, 1.165) is 0 Å². The van der Waals surface area contributed by atoms with E-state index in [2.05, 4.69) is 31.0 Å². The van der Waals surface area contributed by atoms with Crippen molar-refractivity contribution in [2.45, 2.75) is 0 Å². The summed E-state index contributed by atoms with van der Waals surface area (Å²) in [5, 5.41) is 4.02. The van der Waals surface area contributed by atoms with Gasteiger partial charge in [0.15, 0.2) is 0 Å². The lowest BCUT2D eigenvalue weighted by Crippen LogP contribution is -1.98. The minimum absolute atomic E-state index is 0.460. The SMILES string of the molecule is COc1nc(Br)nn2ccnc12. The zero-order chi connectivity index (χ0) is 8.55. The van der Waals surface area contributed by atoms with Gasteiger partial charge in [-0.1, -0.05) is 0 Å². The Morgan fingerprint density at radius 1 is 1.58 bits per heavy atom. The number of halogens is 1. The third-order valence-electron chi connectivity index (χ3n) is 1.39. The van der Waals surface area contributed by atoms with Crippen molar-refractivity contribution >= 4 is 21.6 Å². The van der Waals surface area contributed by atoms with Gasteiger partial charge in [0, 0.05) is 12.4 Å². The molecular weight excluding hydrogens is 224 g/mol. The summed E-state index contributed by atoms with van der Waals surface area (Å²) in [7, 11) is 1.55. The molecule has 62 valence electrons. The lowest BCUT2D eigenvalue weighted by molar-refractivity contribution is 0.396. The fraction of sp³-hybridized carbons (Fsp3) is 0.167. The van der Waals surface area contributed by atoms with E-state index in [-0.39, 0.29) is 0 Å². The lowest BCUT2D eigenvalue weighted by atomic mass is 10.7. The molecule has 0 atom stereocenters. The van der Waals surface area contributed by atoms with E-state index >= 15 is 0 Å². The second-order valence-electron chi connectivity index (χ2n) is 2.09. The minimum Gasteiger partial charge on any atom is -0.478 e. The van der Waals surface area contributed by atoms with Gasteiger partial charge >= 0.3 is 0 Å². The van der Waals surface area contributed by atoms with Crippen molar-refractivity contribution in [1.29, 1.82) is 0 Å². The van der Waals surface area contributed by atoms with Crippen molar-refractivity contribution in [1.82, 2.24) is 19.6 Å². The highest BCUT2D eigenvalue weighted by Crippen LogP contribution is 2.15. The molecule has 5 nitrogen and oxygen atoms in total. The smallest absolute Gasteiger partial charge is 0.262 e. The average Bonchev–Trinajstić information content (AvgIpc) is 2.50. The van der Waals surface area contributed by atoms with Gasteiger partial charge in [-0.2, -0.15) is 4.98 Å². The first kappa shape index (κ1) is 7.48. The van der Waals surface area contributed by atoms with Crippen molar-refractivity contribution in [2.75, 3.05) is 7.11 Å². The molecule has 2 aromatic heterocycles. The highest BCUT2D eigenvalue weighted by molar-refractivity contribution is 9.10. The molecule has 0 radical (unpaired) electrons. The van der Waals surface area contributed by atoms with Crippen molar-refractivity contribution in [2.24, 2.45) is 0 Å². The molecule has 0 saturated carbocycles. The molecule has 2 rings (SSSR count). The van der Waals surface area contributed by atoms with Crippen LogP contribution in [-0.2, 0) is 0 Å². The molecule has 0 saturated heterocycles. The summed E-state index contributed by atoms with van der Waals surface area (Å²) in [5.41, 5.74) is 0.612. The van der Waals surface area contributed by atoms with Crippen molar-refractivity contribution in [3.63, 3.8) is 0 Å². The number of nitrogens with zero attached hydrogens (tertiary/aromatic N) is 4. The topological polar surface area (TPSA) is 52.3 Å². The van der Waals surface area contributed by atoms with Gasteiger partial charge in [0.2, 0.25) is 10.4 Å². The zero-order valence-electron chi connectivity index (χ0n) is 6.23. The van der Waals surface area contributed by atoms with Crippen LogP contribution in [0.1, 0.15) is 0 Å². The second-order valence-corrected chi connectivity index (χ2v) is 2.79. The van der Waals surface area contributed by atoms with E-state index < -0.39 is 0 Å². The maximum atomic E-state index is 5.00. The highest BCUT2D eigenvalue weighted by atomic mass is 79.9. The number of fused-ring (bicyclic) bond motifs is 1. The van der Waals surface area contributed by atoms with Gasteiger partial charge in [-0.3, -0.25) is 0 Å². The van der Waals surface area contributed by atoms with E-state index in [0.29, 0.717) is 16.3 Å². The van der Waals surface area contributed by atoms with Gasteiger partial charge in [0.25, 0.3) is 5.88 Å². The molecule has 0 spiro atoms. The number of rotatable bonds is 1. The number of aromatic nitrogens is 4. The number of hydrogen-bond acceptors (Lipinski definition) is 4. The third kappa shape index (κ3) is 1.04. The molecule has 0 amide bonds. The fourth-order valence-electron chi connectivity index (χ4n) is 0.913. The second kappa shape index (κ2) is 2.71. The largest absolute Gasteiger partial charge is 0.478 e. The molecule has 0 N–H and O–H groups in total. The number of hydrogen-bond donors (Lipinski definition) is 0. The first-order valence-corrected chi connectivity index (χ1v) is 4.01. The summed E-state index contributed by atoms with van der Waals surface area (Å²) in [6, 6.07) is 0. The van der Waals surface area contributed by atoms with E-state index in [9.17, 15) is 0 Å². The van der Waals surface area contributed by atoms with Crippen molar-refractivity contribution < 1.29 is 4.74 Å². The standard InChI is InChI=1S/C6H5BrN4O/c1-12-5-4-8-2-3-11(4)10-6(7)9-5/h2-3H,1H3. The Bertz CT molecular complexity index is 413. The normalized spacial score (nSPS) is 10.5. The molecule has 0 unspecified atom stereocenters. The summed E-state index contributed by atoms with van der Waals surface area (Å²) in [6.07, 6.45) is 3.36. The Hall–Kier alpha value is -1.17. The molecule has 0 bridgehead atoms. The van der Waals surface area contributed by atoms with E-state index in [1.165, 1.54) is 0 Å². The number of methoxy groups -OCH3 is 1. The first-order valence-electron chi connectivity index (χ1n) is 3.22. The maximum absolute atomic E-state index is 5.00. The zero-order valence-corrected chi connectivity index (χ0v) is 7.82. The summed E-state index contributed by atoms with van der Waals surface area (Å²) < 4.78 is 7.07. The van der Waals surface area contributed by atoms with E-state index in [1.807, 2.05) is 0 Å². The van der Waals surface area contributed by atoms with Gasteiger partial charge in [0.1, 0.15) is 0 Å². The number of imidazole rings is 1. The van der Waals surface area contributed by atoms with Crippen LogP contribution < -0.4 is 4.74 Å². The predicted octanol–water partition coefficient (Wildman–Crippen LogP) is 0.895. The van der Waals surface area contributed by atoms with Gasteiger partial charge in [-0.05, 0) is 15.9 Å². The van der Waals surface area contributed by atoms with Crippen molar-refractivity contribution in [3.8, 4) is 5.88 Å². The van der Waals surface area contributed by atoms with Crippen LogP contribution in [0.2, 0.25) is 0 Å². The molecule has 2 aromatic rings. The van der Waals surface area contributed by atoms with Gasteiger partial charge in [0.05, 0.1) is 7.11 Å². The maximum Gasteiger partial charge on any atom is 0.262 e. The molecular formula is C6H5BrN4O. The summed E-state index contributed by atoms with van der Waals surface area (Å²) in [6.45, 7) is 0. The van der Waals surface area contributed by atoms with Crippen LogP contribution in [0.4, 0.5) is 0 Å². The molecule has 12 heavy (non-hydrogen) atoms. The van der Waals surface area contributed by atoms with Crippen molar-refractivity contribution in [3.05, 3.63) is 17.1 Å². The molecule has 0 aliphatic rings. The van der Waals surface area contributed by atoms with Crippen LogP contribution in [-0.4, -0.2) is 26.7 Å². The molecule has 0 aliphatic carbocycles. The predicted molar refractivity (Wildman–Crippen MR) is 45.0 cm³/mol.